The summed E-state index contributed by atoms with van der Waals surface area (Å²) in [5, 5.41) is 7.45. The summed E-state index contributed by atoms with van der Waals surface area (Å²) >= 11 is 0. The van der Waals surface area contributed by atoms with Crippen LogP contribution in [-0.4, -0.2) is 22.8 Å². The van der Waals surface area contributed by atoms with E-state index >= 15 is 0 Å². The van der Waals surface area contributed by atoms with Gasteiger partial charge in [-0.1, -0.05) is 36.2 Å². The minimum Gasteiger partial charge on any atom is -0.493 e. The fourth-order valence-electron chi connectivity index (χ4n) is 2.60. The Bertz CT molecular complexity index is 535. The van der Waals surface area contributed by atoms with E-state index in [0.29, 0.717) is 37.3 Å². The van der Waals surface area contributed by atoms with E-state index < -0.39 is 0 Å². The maximum Gasteiger partial charge on any atom is 0.240 e. The Morgan fingerprint density at radius 1 is 1.19 bits per heavy atom. The maximum atomic E-state index is 5.62. The van der Waals surface area contributed by atoms with Crippen LogP contribution in [0.1, 0.15) is 37.4 Å². The Kier molecular flexibility index (Phi) is 4.84. The van der Waals surface area contributed by atoms with Gasteiger partial charge in [0, 0.05) is 12.5 Å². The van der Waals surface area contributed by atoms with Crippen molar-refractivity contribution in [1.82, 2.24) is 15.5 Å². The smallest absolute Gasteiger partial charge is 0.240 e. The minimum atomic E-state index is 0.555. The van der Waals surface area contributed by atoms with E-state index in [4.69, 9.17) is 9.26 Å². The number of aromatic nitrogens is 2. The Hall–Kier alpha value is -1.88. The Morgan fingerprint density at radius 2 is 2.00 bits per heavy atom. The summed E-state index contributed by atoms with van der Waals surface area (Å²) in [6, 6.07) is 10.4. The molecular formula is C16H21N3O2. The van der Waals surface area contributed by atoms with Crippen molar-refractivity contribution in [2.45, 2.75) is 44.7 Å². The summed E-state index contributed by atoms with van der Waals surface area (Å²) in [7, 11) is 0. The first-order valence-electron chi connectivity index (χ1n) is 7.63. The average molecular weight is 287 g/mol. The number of para-hydroxylation sites is 1. The fourth-order valence-corrected chi connectivity index (χ4v) is 2.60. The monoisotopic (exact) mass is 287 g/mol. The van der Waals surface area contributed by atoms with Crippen molar-refractivity contribution < 1.29 is 9.26 Å². The van der Waals surface area contributed by atoms with E-state index in [0.717, 1.165) is 5.75 Å². The predicted octanol–water partition coefficient (Wildman–Crippen LogP) is 2.72. The molecule has 0 unspecified atom stereocenters. The van der Waals surface area contributed by atoms with Gasteiger partial charge < -0.3 is 14.6 Å². The first-order chi connectivity index (χ1) is 10.4. The van der Waals surface area contributed by atoms with E-state index in [1.807, 2.05) is 30.3 Å². The number of hydrogen-bond donors (Lipinski definition) is 1. The summed E-state index contributed by atoms with van der Waals surface area (Å²) in [5.74, 6) is 2.23. The molecule has 3 rings (SSSR count). The molecule has 1 fully saturated rings. The summed E-state index contributed by atoms with van der Waals surface area (Å²) < 4.78 is 10.9. The highest BCUT2D eigenvalue weighted by Gasteiger charge is 2.15. The molecule has 1 aromatic heterocycles. The topological polar surface area (TPSA) is 60.2 Å². The molecule has 1 N–H and O–H groups in total. The molecule has 5 nitrogen and oxygen atoms in total. The van der Waals surface area contributed by atoms with Gasteiger partial charge in [0.1, 0.15) is 5.75 Å². The summed E-state index contributed by atoms with van der Waals surface area (Å²) in [4.78, 5) is 4.38. The molecule has 1 aliphatic carbocycles. The van der Waals surface area contributed by atoms with Gasteiger partial charge in [-0.3, -0.25) is 0 Å². The molecule has 0 radical (unpaired) electrons. The van der Waals surface area contributed by atoms with Crippen molar-refractivity contribution in [1.29, 1.82) is 0 Å². The number of nitrogens with zero attached hydrogens (tertiary/aromatic N) is 2. The van der Waals surface area contributed by atoms with Gasteiger partial charge in [0.25, 0.3) is 0 Å². The largest absolute Gasteiger partial charge is 0.493 e. The minimum absolute atomic E-state index is 0.555. The van der Waals surface area contributed by atoms with Crippen molar-refractivity contribution in [2.24, 2.45) is 0 Å². The Labute approximate surface area is 124 Å². The summed E-state index contributed by atoms with van der Waals surface area (Å²) in [6.45, 7) is 1.22. The van der Waals surface area contributed by atoms with Crippen LogP contribution in [0.2, 0.25) is 0 Å². The zero-order valence-electron chi connectivity index (χ0n) is 12.1. The Morgan fingerprint density at radius 3 is 2.81 bits per heavy atom. The highest BCUT2D eigenvalue weighted by Crippen LogP contribution is 2.17. The van der Waals surface area contributed by atoms with Crippen molar-refractivity contribution in [3.63, 3.8) is 0 Å². The molecule has 0 amide bonds. The number of benzene rings is 1. The van der Waals surface area contributed by atoms with Gasteiger partial charge in [-0.25, -0.2) is 0 Å². The lowest BCUT2D eigenvalue weighted by atomic mass is 10.2. The molecule has 0 aliphatic heterocycles. The molecule has 2 aromatic rings. The zero-order chi connectivity index (χ0) is 14.3. The van der Waals surface area contributed by atoms with E-state index in [1.54, 1.807) is 0 Å². The Balaban J connectivity index is 1.40. The van der Waals surface area contributed by atoms with Crippen molar-refractivity contribution in [2.75, 3.05) is 6.61 Å². The molecule has 0 spiro atoms. The van der Waals surface area contributed by atoms with Crippen LogP contribution in [0.3, 0.4) is 0 Å². The van der Waals surface area contributed by atoms with Crippen LogP contribution in [0.4, 0.5) is 0 Å². The predicted molar refractivity (Wildman–Crippen MR) is 79.0 cm³/mol. The number of rotatable bonds is 7. The summed E-state index contributed by atoms with van der Waals surface area (Å²) in [5.41, 5.74) is 0. The third kappa shape index (κ3) is 4.29. The van der Waals surface area contributed by atoms with Gasteiger partial charge in [-0.05, 0) is 25.0 Å². The van der Waals surface area contributed by atoms with E-state index in [-0.39, 0.29) is 0 Å². The van der Waals surface area contributed by atoms with Crippen LogP contribution in [0, 0.1) is 0 Å². The van der Waals surface area contributed by atoms with Crippen molar-refractivity contribution in [3.8, 4) is 5.75 Å². The molecular weight excluding hydrogens is 266 g/mol. The lowest BCUT2D eigenvalue weighted by Crippen LogP contribution is -2.25. The summed E-state index contributed by atoms with van der Waals surface area (Å²) in [6.07, 6.45) is 5.81. The number of ether oxygens (including phenoxy) is 1. The number of nitrogens with one attached hydrogen (secondary N) is 1. The molecule has 5 heteroatoms. The SMILES string of the molecule is c1ccc(OCCc2noc(CNC3CCCC3)n2)cc1. The molecule has 112 valence electrons. The van der Waals surface area contributed by atoms with E-state index in [2.05, 4.69) is 15.5 Å². The third-order valence-electron chi connectivity index (χ3n) is 3.74. The van der Waals surface area contributed by atoms with E-state index in [9.17, 15) is 0 Å². The van der Waals surface area contributed by atoms with Crippen LogP contribution >= 0.6 is 0 Å². The lowest BCUT2D eigenvalue weighted by Gasteiger charge is -2.08. The third-order valence-corrected chi connectivity index (χ3v) is 3.74. The quantitative estimate of drug-likeness (QED) is 0.848. The second-order valence-electron chi connectivity index (χ2n) is 5.38. The van der Waals surface area contributed by atoms with Gasteiger partial charge in [-0.2, -0.15) is 4.98 Å². The van der Waals surface area contributed by atoms with Crippen LogP contribution in [-0.2, 0) is 13.0 Å². The normalized spacial score (nSPS) is 15.4. The maximum absolute atomic E-state index is 5.62. The molecule has 0 bridgehead atoms. The highest BCUT2D eigenvalue weighted by atomic mass is 16.5. The van der Waals surface area contributed by atoms with Crippen LogP contribution in [0.5, 0.6) is 5.75 Å². The van der Waals surface area contributed by atoms with E-state index in [1.165, 1.54) is 25.7 Å². The molecule has 21 heavy (non-hydrogen) atoms. The van der Waals surface area contributed by atoms with Gasteiger partial charge in [0.15, 0.2) is 5.82 Å². The fraction of sp³-hybridized carbons (Fsp3) is 0.500. The van der Waals surface area contributed by atoms with Crippen LogP contribution < -0.4 is 10.1 Å². The molecule has 0 saturated heterocycles. The second kappa shape index (κ2) is 7.22. The molecule has 1 heterocycles. The van der Waals surface area contributed by atoms with Crippen molar-refractivity contribution >= 4 is 0 Å². The van der Waals surface area contributed by atoms with Crippen LogP contribution in [0.15, 0.2) is 34.9 Å². The molecule has 1 aromatic carbocycles. The van der Waals surface area contributed by atoms with Crippen molar-refractivity contribution in [3.05, 3.63) is 42.0 Å². The van der Waals surface area contributed by atoms with Gasteiger partial charge >= 0.3 is 0 Å². The zero-order valence-corrected chi connectivity index (χ0v) is 12.1. The number of hydrogen-bond acceptors (Lipinski definition) is 5. The average Bonchev–Trinajstić information content (AvgIpc) is 3.18. The second-order valence-corrected chi connectivity index (χ2v) is 5.38. The van der Waals surface area contributed by atoms with Gasteiger partial charge in [-0.15, -0.1) is 0 Å². The van der Waals surface area contributed by atoms with Gasteiger partial charge in [0.05, 0.1) is 13.2 Å². The standard InChI is InChI=1S/C16H21N3O2/c1-2-8-14(9-3-1)20-11-10-15-18-16(21-19-15)12-17-13-6-4-5-7-13/h1-3,8-9,13,17H,4-7,10-12H2. The first-order valence-corrected chi connectivity index (χ1v) is 7.63. The lowest BCUT2D eigenvalue weighted by molar-refractivity contribution is 0.312. The molecule has 1 saturated carbocycles. The first kappa shape index (κ1) is 14.1. The molecule has 0 atom stereocenters. The highest BCUT2D eigenvalue weighted by molar-refractivity contribution is 5.20. The molecule has 1 aliphatic rings. The van der Waals surface area contributed by atoms with Gasteiger partial charge in [0.2, 0.25) is 5.89 Å². The van der Waals surface area contributed by atoms with Crippen LogP contribution in [0.25, 0.3) is 0 Å².